The second kappa shape index (κ2) is 9.30. The number of amides is 1. The molecule has 1 aromatic carbocycles. The van der Waals surface area contributed by atoms with Gasteiger partial charge in [0.2, 0.25) is 0 Å². The summed E-state index contributed by atoms with van der Waals surface area (Å²) in [6.45, 7) is 8.64. The largest absolute Gasteiger partial charge is 0.444 e. The first-order chi connectivity index (χ1) is 10.8. The van der Waals surface area contributed by atoms with Crippen molar-refractivity contribution in [3.05, 3.63) is 47.8 Å². The summed E-state index contributed by atoms with van der Waals surface area (Å²) in [6.07, 6.45) is 4.15. The Kier molecular flexibility index (Phi) is 7.75. The zero-order chi connectivity index (χ0) is 17.3. The zero-order valence-electron chi connectivity index (χ0n) is 14.4. The van der Waals surface area contributed by atoms with Crippen LogP contribution in [0.3, 0.4) is 0 Å². The van der Waals surface area contributed by atoms with E-state index in [0.29, 0.717) is 13.1 Å². The molecule has 0 aliphatic carbocycles. The molecule has 0 spiro atoms. The van der Waals surface area contributed by atoms with Crippen molar-refractivity contribution < 1.29 is 13.9 Å². The third-order valence-electron chi connectivity index (χ3n) is 2.94. The molecule has 0 aromatic heterocycles. The molecule has 0 saturated carbocycles. The number of nitrogens with one attached hydrogen (secondary N) is 2. The molecular weight excluding hydrogens is 295 g/mol. The molecule has 1 rings (SSSR count). The molecule has 2 N–H and O–H groups in total. The number of hydrogen-bond donors (Lipinski definition) is 2. The lowest BCUT2D eigenvalue weighted by Crippen LogP contribution is -2.32. The van der Waals surface area contributed by atoms with Gasteiger partial charge < -0.3 is 15.4 Å². The van der Waals surface area contributed by atoms with Crippen LogP contribution in [0.2, 0.25) is 0 Å². The molecule has 0 fully saturated rings. The number of rotatable bonds is 7. The van der Waals surface area contributed by atoms with Gasteiger partial charge in [-0.05, 0) is 51.8 Å². The molecular formula is C18H27FN2O2. The van der Waals surface area contributed by atoms with E-state index in [1.165, 1.54) is 6.07 Å². The molecule has 0 aliphatic rings. The van der Waals surface area contributed by atoms with Gasteiger partial charge in [-0.3, -0.25) is 0 Å². The van der Waals surface area contributed by atoms with Gasteiger partial charge in [-0.15, -0.1) is 0 Å². The number of hydrogen-bond acceptors (Lipinski definition) is 3. The molecule has 23 heavy (non-hydrogen) atoms. The standard InChI is InChI=1S/C18H27FN2O2/c1-14(12-15-8-7-9-16(19)13-15)20-10-5-6-11-21-17(22)23-18(2,3)4/h5-9,13-14,20H,10-12H2,1-4H3,(H,21,22)/b6-5+. The SMILES string of the molecule is CC(Cc1cccc(F)c1)NC/C=C/CNC(=O)OC(C)(C)C. The molecule has 1 amide bonds. The highest BCUT2D eigenvalue weighted by Gasteiger charge is 2.14. The van der Waals surface area contributed by atoms with Gasteiger partial charge in [0, 0.05) is 19.1 Å². The van der Waals surface area contributed by atoms with E-state index in [4.69, 9.17) is 4.74 Å². The monoisotopic (exact) mass is 322 g/mol. The smallest absolute Gasteiger partial charge is 0.407 e. The molecule has 0 radical (unpaired) electrons. The lowest BCUT2D eigenvalue weighted by atomic mass is 10.1. The van der Waals surface area contributed by atoms with Crippen LogP contribution >= 0.6 is 0 Å². The highest BCUT2D eigenvalue weighted by molar-refractivity contribution is 5.67. The number of alkyl carbamates (subject to hydrolysis) is 1. The van der Waals surface area contributed by atoms with Crippen LogP contribution in [0, 0.1) is 5.82 Å². The summed E-state index contributed by atoms with van der Waals surface area (Å²) < 4.78 is 18.2. The number of carbonyl (C=O) groups excluding carboxylic acids is 1. The van der Waals surface area contributed by atoms with Gasteiger partial charge >= 0.3 is 6.09 Å². The lowest BCUT2D eigenvalue weighted by Gasteiger charge is -2.19. The average molecular weight is 322 g/mol. The van der Waals surface area contributed by atoms with Crippen molar-refractivity contribution in [3.63, 3.8) is 0 Å². The van der Waals surface area contributed by atoms with Crippen LogP contribution in [-0.4, -0.2) is 30.8 Å². The van der Waals surface area contributed by atoms with Crippen molar-refractivity contribution in [2.24, 2.45) is 0 Å². The Balaban J connectivity index is 2.17. The minimum Gasteiger partial charge on any atom is -0.444 e. The molecule has 1 atom stereocenters. The number of carbonyl (C=O) groups is 1. The van der Waals surface area contributed by atoms with E-state index in [9.17, 15) is 9.18 Å². The van der Waals surface area contributed by atoms with E-state index in [1.807, 2.05) is 39.0 Å². The van der Waals surface area contributed by atoms with Crippen molar-refractivity contribution >= 4 is 6.09 Å². The fourth-order valence-electron chi connectivity index (χ4n) is 1.98. The molecule has 128 valence electrons. The summed E-state index contributed by atoms with van der Waals surface area (Å²) in [5.41, 5.74) is 0.488. The van der Waals surface area contributed by atoms with Gasteiger partial charge in [0.25, 0.3) is 0 Å². The third-order valence-corrected chi connectivity index (χ3v) is 2.94. The molecule has 1 unspecified atom stereocenters. The molecule has 0 heterocycles. The van der Waals surface area contributed by atoms with Crippen LogP contribution in [0.1, 0.15) is 33.3 Å². The maximum atomic E-state index is 13.1. The van der Waals surface area contributed by atoms with Crippen LogP contribution in [0.25, 0.3) is 0 Å². The fourth-order valence-corrected chi connectivity index (χ4v) is 1.98. The van der Waals surface area contributed by atoms with Crippen molar-refractivity contribution in [1.29, 1.82) is 0 Å². The van der Waals surface area contributed by atoms with Crippen LogP contribution in [0.4, 0.5) is 9.18 Å². The number of benzene rings is 1. The first kappa shape index (κ1) is 19.2. The summed E-state index contributed by atoms with van der Waals surface area (Å²) in [7, 11) is 0. The Labute approximate surface area is 138 Å². The Morgan fingerprint density at radius 3 is 2.65 bits per heavy atom. The Bertz CT molecular complexity index is 524. The number of ether oxygens (including phenoxy) is 1. The first-order valence-corrected chi connectivity index (χ1v) is 7.86. The van der Waals surface area contributed by atoms with Crippen LogP contribution in [0.5, 0.6) is 0 Å². The van der Waals surface area contributed by atoms with Crippen molar-refractivity contribution in [1.82, 2.24) is 10.6 Å². The highest BCUT2D eigenvalue weighted by Crippen LogP contribution is 2.07. The van der Waals surface area contributed by atoms with Crippen LogP contribution < -0.4 is 10.6 Å². The van der Waals surface area contributed by atoms with Gasteiger partial charge in [-0.25, -0.2) is 9.18 Å². The second-order valence-electron chi connectivity index (χ2n) is 6.50. The second-order valence-corrected chi connectivity index (χ2v) is 6.50. The predicted molar refractivity (Wildman–Crippen MR) is 90.9 cm³/mol. The Morgan fingerprint density at radius 1 is 1.30 bits per heavy atom. The van der Waals surface area contributed by atoms with Crippen LogP contribution in [0.15, 0.2) is 36.4 Å². The number of halogens is 1. The molecule has 1 aromatic rings. The van der Waals surface area contributed by atoms with Gasteiger partial charge in [-0.1, -0.05) is 24.3 Å². The van der Waals surface area contributed by atoms with Crippen LogP contribution in [-0.2, 0) is 11.2 Å². The van der Waals surface area contributed by atoms with E-state index >= 15 is 0 Å². The molecule has 0 saturated heterocycles. The minimum absolute atomic E-state index is 0.206. The Hall–Kier alpha value is -1.88. The summed E-state index contributed by atoms with van der Waals surface area (Å²) in [5, 5.41) is 5.98. The van der Waals surface area contributed by atoms with E-state index in [0.717, 1.165) is 12.0 Å². The van der Waals surface area contributed by atoms with E-state index in [1.54, 1.807) is 12.1 Å². The summed E-state index contributed by atoms with van der Waals surface area (Å²) in [4.78, 5) is 11.4. The summed E-state index contributed by atoms with van der Waals surface area (Å²) in [5.74, 6) is -0.206. The lowest BCUT2D eigenvalue weighted by molar-refractivity contribution is 0.0534. The molecule has 0 aliphatic heterocycles. The van der Waals surface area contributed by atoms with Gasteiger partial charge in [0.15, 0.2) is 0 Å². The zero-order valence-corrected chi connectivity index (χ0v) is 14.4. The predicted octanol–water partition coefficient (Wildman–Crippen LogP) is 3.43. The maximum absolute atomic E-state index is 13.1. The average Bonchev–Trinajstić information content (AvgIpc) is 2.40. The third kappa shape index (κ3) is 9.68. The summed E-state index contributed by atoms with van der Waals surface area (Å²) in [6, 6.07) is 6.88. The fraction of sp³-hybridized carbons (Fsp3) is 0.500. The molecule has 0 bridgehead atoms. The topological polar surface area (TPSA) is 50.4 Å². The molecule has 4 nitrogen and oxygen atoms in total. The van der Waals surface area contributed by atoms with Crippen molar-refractivity contribution in [3.8, 4) is 0 Å². The van der Waals surface area contributed by atoms with Gasteiger partial charge in [-0.2, -0.15) is 0 Å². The van der Waals surface area contributed by atoms with Gasteiger partial charge in [0.05, 0.1) is 0 Å². The van der Waals surface area contributed by atoms with Gasteiger partial charge in [0.1, 0.15) is 11.4 Å². The van der Waals surface area contributed by atoms with Crippen molar-refractivity contribution in [2.45, 2.75) is 45.8 Å². The molecule has 5 heteroatoms. The Morgan fingerprint density at radius 2 is 2.00 bits per heavy atom. The highest BCUT2D eigenvalue weighted by atomic mass is 19.1. The minimum atomic E-state index is -0.484. The summed E-state index contributed by atoms with van der Waals surface area (Å²) >= 11 is 0. The van der Waals surface area contributed by atoms with Crippen molar-refractivity contribution in [2.75, 3.05) is 13.1 Å². The van der Waals surface area contributed by atoms with E-state index in [2.05, 4.69) is 17.6 Å². The van der Waals surface area contributed by atoms with E-state index < -0.39 is 11.7 Å². The van der Waals surface area contributed by atoms with E-state index in [-0.39, 0.29) is 11.9 Å². The maximum Gasteiger partial charge on any atom is 0.407 e. The quantitative estimate of drug-likeness (QED) is 0.756. The first-order valence-electron chi connectivity index (χ1n) is 7.86. The normalized spacial score (nSPS) is 13.1.